The summed E-state index contributed by atoms with van der Waals surface area (Å²) in [5.74, 6) is 0.0336. The molecule has 0 spiro atoms. The molecule has 2 aromatic rings. The molecule has 1 amide bonds. The zero-order valence-corrected chi connectivity index (χ0v) is 15.1. The van der Waals surface area contributed by atoms with Crippen LogP contribution in [0.3, 0.4) is 0 Å². The zero-order chi connectivity index (χ0) is 18.1. The maximum absolute atomic E-state index is 13.1. The number of hydrogen-bond donors (Lipinski definition) is 0. The van der Waals surface area contributed by atoms with Crippen LogP contribution >= 0.6 is 0 Å². The minimum atomic E-state index is -0.201. The number of fused-ring (bicyclic) bond motifs is 1. The van der Waals surface area contributed by atoms with E-state index in [9.17, 15) is 9.18 Å². The zero-order valence-electron chi connectivity index (χ0n) is 15.1. The van der Waals surface area contributed by atoms with E-state index in [-0.39, 0.29) is 17.8 Å². The molecule has 0 aliphatic carbocycles. The van der Waals surface area contributed by atoms with Gasteiger partial charge < -0.3 is 4.90 Å². The molecule has 0 bridgehead atoms. The molecule has 1 aromatic carbocycles. The van der Waals surface area contributed by atoms with E-state index in [1.165, 1.54) is 12.1 Å². The lowest BCUT2D eigenvalue weighted by Gasteiger charge is -2.39. The number of carbonyl (C=O) groups is 1. The highest BCUT2D eigenvalue weighted by atomic mass is 19.1. The van der Waals surface area contributed by atoms with E-state index in [4.69, 9.17) is 0 Å². The van der Waals surface area contributed by atoms with Gasteiger partial charge in [-0.3, -0.25) is 14.7 Å². The van der Waals surface area contributed by atoms with Crippen molar-refractivity contribution in [2.45, 2.75) is 51.4 Å². The molecule has 2 aliphatic heterocycles. The van der Waals surface area contributed by atoms with Gasteiger partial charge in [-0.05, 0) is 49.6 Å². The number of halogens is 1. The van der Waals surface area contributed by atoms with Crippen LogP contribution in [0.2, 0.25) is 0 Å². The van der Waals surface area contributed by atoms with E-state index >= 15 is 0 Å². The van der Waals surface area contributed by atoms with E-state index in [0.29, 0.717) is 19.0 Å². The predicted molar refractivity (Wildman–Crippen MR) is 97.8 cm³/mol. The van der Waals surface area contributed by atoms with Gasteiger partial charge >= 0.3 is 0 Å². The minimum Gasteiger partial charge on any atom is -0.332 e. The Bertz CT molecular complexity index is 792. The molecule has 3 heterocycles. The second-order valence-electron chi connectivity index (χ2n) is 7.35. The first-order valence-electron chi connectivity index (χ1n) is 9.30. The molecule has 0 radical (unpaired) electrons. The molecule has 136 valence electrons. The van der Waals surface area contributed by atoms with Gasteiger partial charge in [0, 0.05) is 37.3 Å². The lowest BCUT2D eigenvalue weighted by molar-refractivity contribution is -0.138. The first kappa shape index (κ1) is 17.2. The normalized spacial score (nSPS) is 23.3. The number of rotatable bonds is 4. The van der Waals surface area contributed by atoms with Gasteiger partial charge in [-0.25, -0.2) is 4.39 Å². The van der Waals surface area contributed by atoms with Gasteiger partial charge in [0.15, 0.2) is 0 Å². The Labute approximate surface area is 153 Å². The van der Waals surface area contributed by atoms with Crippen LogP contribution in [0.25, 0.3) is 0 Å². The summed E-state index contributed by atoms with van der Waals surface area (Å²) in [4.78, 5) is 21.6. The number of carbonyl (C=O) groups excluding carboxylic acids is 1. The summed E-state index contributed by atoms with van der Waals surface area (Å²) in [7, 11) is 0. The Morgan fingerprint density at radius 1 is 1.08 bits per heavy atom. The molecule has 0 unspecified atom stereocenters. The monoisotopic (exact) mass is 353 g/mol. The molecule has 2 aliphatic rings. The number of pyridine rings is 1. The van der Waals surface area contributed by atoms with E-state index in [2.05, 4.69) is 9.88 Å². The highest BCUT2D eigenvalue weighted by Crippen LogP contribution is 2.33. The highest BCUT2D eigenvalue weighted by Gasteiger charge is 2.42. The predicted octanol–water partition coefficient (Wildman–Crippen LogP) is 3.29. The maximum atomic E-state index is 13.1. The minimum absolute atomic E-state index is 0.201. The van der Waals surface area contributed by atoms with Crippen LogP contribution in [0.4, 0.5) is 4.39 Å². The number of piperidine rings is 1. The number of likely N-dealkylation sites (tertiary alicyclic amines) is 2. The lowest BCUT2D eigenvalue weighted by atomic mass is 9.95. The van der Waals surface area contributed by atoms with Crippen LogP contribution in [0.1, 0.15) is 36.2 Å². The van der Waals surface area contributed by atoms with E-state index < -0.39 is 0 Å². The van der Waals surface area contributed by atoms with E-state index in [1.54, 1.807) is 0 Å². The molecule has 2 saturated heterocycles. The number of aryl methyl sites for hydroxylation is 1. The summed E-state index contributed by atoms with van der Waals surface area (Å²) >= 11 is 0. The van der Waals surface area contributed by atoms with Crippen molar-refractivity contribution in [3.05, 3.63) is 65.2 Å². The molecule has 2 atom stereocenters. The Kier molecular flexibility index (Phi) is 4.72. The van der Waals surface area contributed by atoms with Gasteiger partial charge in [-0.2, -0.15) is 0 Å². The molecule has 4 rings (SSSR count). The summed E-state index contributed by atoms with van der Waals surface area (Å²) in [6, 6.07) is 13.3. The van der Waals surface area contributed by atoms with Gasteiger partial charge in [0.05, 0.1) is 12.2 Å². The quantitative estimate of drug-likeness (QED) is 0.846. The van der Waals surface area contributed by atoms with Crippen LogP contribution in [0, 0.1) is 12.7 Å². The average molecular weight is 353 g/mol. The first-order chi connectivity index (χ1) is 12.6. The standard InChI is InChI=1S/C21H24FN3O/c1-15-3-2-4-18(23-15)14-25-20-11-12-24(19(20)9-10-21(25)26)13-16-5-7-17(22)8-6-16/h2-8,19-20H,9-14H2,1H3/t19-,20-/m1/s1. The van der Waals surface area contributed by atoms with Crippen molar-refractivity contribution < 1.29 is 9.18 Å². The third kappa shape index (κ3) is 3.49. The number of amides is 1. The maximum Gasteiger partial charge on any atom is 0.223 e. The Morgan fingerprint density at radius 2 is 1.88 bits per heavy atom. The summed E-state index contributed by atoms with van der Waals surface area (Å²) < 4.78 is 13.1. The number of benzene rings is 1. The SMILES string of the molecule is Cc1cccc(CN2C(=O)CC[C@@H]3[C@H]2CCN3Cc2ccc(F)cc2)n1. The molecule has 5 heteroatoms. The fourth-order valence-corrected chi connectivity index (χ4v) is 4.33. The molecule has 4 nitrogen and oxygen atoms in total. The smallest absolute Gasteiger partial charge is 0.223 e. The average Bonchev–Trinajstić information content (AvgIpc) is 3.02. The molecular formula is C21H24FN3O. The Hall–Kier alpha value is -2.27. The lowest BCUT2D eigenvalue weighted by Crippen LogP contribution is -2.51. The number of nitrogens with zero attached hydrogens (tertiary/aromatic N) is 3. The second-order valence-corrected chi connectivity index (χ2v) is 7.35. The van der Waals surface area contributed by atoms with Gasteiger partial charge in [0.1, 0.15) is 5.82 Å². The molecule has 1 aromatic heterocycles. The van der Waals surface area contributed by atoms with Gasteiger partial charge in [-0.1, -0.05) is 18.2 Å². The van der Waals surface area contributed by atoms with Crippen molar-refractivity contribution in [1.29, 1.82) is 0 Å². The van der Waals surface area contributed by atoms with Crippen molar-refractivity contribution in [2.24, 2.45) is 0 Å². The topological polar surface area (TPSA) is 36.4 Å². The summed E-state index contributed by atoms with van der Waals surface area (Å²) in [5.41, 5.74) is 3.06. The first-order valence-corrected chi connectivity index (χ1v) is 9.30. The van der Waals surface area contributed by atoms with Gasteiger partial charge in [0.2, 0.25) is 5.91 Å². The van der Waals surface area contributed by atoms with Crippen LogP contribution in [0.5, 0.6) is 0 Å². The van der Waals surface area contributed by atoms with Crippen molar-refractivity contribution in [2.75, 3.05) is 6.54 Å². The molecule has 0 saturated carbocycles. The molecular weight excluding hydrogens is 329 g/mol. The molecule has 26 heavy (non-hydrogen) atoms. The largest absolute Gasteiger partial charge is 0.332 e. The van der Waals surface area contributed by atoms with Crippen LogP contribution in [0.15, 0.2) is 42.5 Å². The van der Waals surface area contributed by atoms with Crippen molar-refractivity contribution in [1.82, 2.24) is 14.8 Å². The van der Waals surface area contributed by atoms with Gasteiger partial charge in [0.25, 0.3) is 0 Å². The summed E-state index contributed by atoms with van der Waals surface area (Å²) in [6.45, 7) is 4.35. The number of hydrogen-bond acceptors (Lipinski definition) is 3. The van der Waals surface area contributed by atoms with Crippen LogP contribution in [-0.2, 0) is 17.9 Å². The van der Waals surface area contributed by atoms with Crippen molar-refractivity contribution >= 4 is 5.91 Å². The number of aromatic nitrogens is 1. The molecule has 2 fully saturated rings. The van der Waals surface area contributed by atoms with Crippen LogP contribution in [-0.4, -0.2) is 39.3 Å². The Balaban J connectivity index is 1.48. The highest BCUT2D eigenvalue weighted by molar-refractivity contribution is 5.77. The van der Waals surface area contributed by atoms with E-state index in [0.717, 1.165) is 42.9 Å². The Morgan fingerprint density at radius 3 is 2.65 bits per heavy atom. The van der Waals surface area contributed by atoms with Gasteiger partial charge in [-0.15, -0.1) is 0 Å². The van der Waals surface area contributed by atoms with Crippen LogP contribution < -0.4 is 0 Å². The summed E-state index contributed by atoms with van der Waals surface area (Å²) in [5, 5.41) is 0. The fourth-order valence-electron chi connectivity index (χ4n) is 4.33. The third-order valence-corrected chi connectivity index (χ3v) is 5.58. The van der Waals surface area contributed by atoms with Crippen molar-refractivity contribution in [3.63, 3.8) is 0 Å². The van der Waals surface area contributed by atoms with Crippen molar-refractivity contribution in [3.8, 4) is 0 Å². The second kappa shape index (κ2) is 7.16. The van der Waals surface area contributed by atoms with E-state index in [1.807, 2.05) is 42.2 Å². The summed E-state index contributed by atoms with van der Waals surface area (Å²) in [6.07, 6.45) is 2.48. The molecule has 0 N–H and O–H groups in total. The third-order valence-electron chi connectivity index (χ3n) is 5.58. The fraction of sp³-hybridized carbons (Fsp3) is 0.429.